The lowest BCUT2D eigenvalue weighted by Gasteiger charge is -2.54. The van der Waals surface area contributed by atoms with Crippen molar-refractivity contribution in [1.29, 1.82) is 0 Å². The van der Waals surface area contributed by atoms with Gasteiger partial charge in [-0.2, -0.15) is 0 Å². The van der Waals surface area contributed by atoms with E-state index in [1.165, 1.54) is 13.5 Å². The second kappa shape index (κ2) is 6.71. The lowest BCUT2D eigenvalue weighted by atomic mass is 9.48. The van der Waals surface area contributed by atoms with Crippen LogP contribution in [0.25, 0.3) is 0 Å². The smallest absolute Gasteiger partial charge is 0.314 e. The molecule has 0 unspecified atom stereocenters. The van der Waals surface area contributed by atoms with Gasteiger partial charge in [-0.15, -0.1) is 0 Å². The van der Waals surface area contributed by atoms with Gasteiger partial charge in [0.1, 0.15) is 0 Å². The lowest BCUT2D eigenvalue weighted by molar-refractivity contribution is -0.174. The number of piperidine rings is 1. The fourth-order valence-corrected chi connectivity index (χ4v) is 5.61. The van der Waals surface area contributed by atoms with Crippen LogP contribution in [0.1, 0.15) is 55.6 Å². The van der Waals surface area contributed by atoms with Gasteiger partial charge in [0.25, 0.3) is 5.91 Å². The minimum atomic E-state index is -0.559. The SMILES string of the molecule is COC(=O)[C@@]12CN(C(=O)c3cnc(N4CCCCC4)nc3C)C[C@@H]1C(C)(C)C2. The highest BCUT2D eigenvalue weighted by atomic mass is 16.5. The summed E-state index contributed by atoms with van der Waals surface area (Å²) in [5, 5.41) is 0. The van der Waals surface area contributed by atoms with Crippen LogP contribution in [-0.2, 0) is 9.53 Å². The van der Waals surface area contributed by atoms with Crippen molar-refractivity contribution in [3.8, 4) is 0 Å². The second-order valence-electron chi connectivity index (χ2n) is 9.27. The molecule has 4 rings (SSSR count). The Labute approximate surface area is 166 Å². The number of carbonyl (C=O) groups excluding carboxylic acids is 2. The Kier molecular flexibility index (Phi) is 4.59. The molecule has 3 aliphatic rings. The molecule has 1 saturated carbocycles. The topological polar surface area (TPSA) is 75.6 Å². The molecule has 7 heteroatoms. The van der Waals surface area contributed by atoms with Gasteiger partial charge in [0, 0.05) is 32.4 Å². The Morgan fingerprint density at radius 2 is 1.93 bits per heavy atom. The fourth-order valence-electron chi connectivity index (χ4n) is 5.61. The Hall–Kier alpha value is -2.18. The Morgan fingerprint density at radius 3 is 2.54 bits per heavy atom. The van der Waals surface area contributed by atoms with Crippen molar-refractivity contribution in [3.05, 3.63) is 17.5 Å². The van der Waals surface area contributed by atoms with E-state index < -0.39 is 5.41 Å². The molecule has 0 radical (unpaired) electrons. The summed E-state index contributed by atoms with van der Waals surface area (Å²) >= 11 is 0. The third-order valence-corrected chi connectivity index (χ3v) is 6.97. The highest BCUT2D eigenvalue weighted by Gasteiger charge is 2.68. The van der Waals surface area contributed by atoms with Crippen molar-refractivity contribution in [1.82, 2.24) is 14.9 Å². The maximum absolute atomic E-state index is 13.2. The van der Waals surface area contributed by atoms with E-state index in [0.717, 1.165) is 32.4 Å². The summed E-state index contributed by atoms with van der Waals surface area (Å²) < 4.78 is 5.09. The van der Waals surface area contributed by atoms with Crippen molar-refractivity contribution in [2.45, 2.75) is 46.5 Å². The number of carbonyl (C=O) groups is 2. The third-order valence-electron chi connectivity index (χ3n) is 6.97. The summed E-state index contributed by atoms with van der Waals surface area (Å²) in [5.74, 6) is 0.560. The van der Waals surface area contributed by atoms with Gasteiger partial charge in [-0.3, -0.25) is 9.59 Å². The minimum absolute atomic E-state index is 0.0346. The van der Waals surface area contributed by atoms with Gasteiger partial charge >= 0.3 is 5.97 Å². The van der Waals surface area contributed by atoms with Gasteiger partial charge in [-0.1, -0.05) is 13.8 Å². The zero-order valence-corrected chi connectivity index (χ0v) is 17.3. The molecule has 2 aliphatic heterocycles. The van der Waals surface area contributed by atoms with Crippen LogP contribution in [0.4, 0.5) is 5.95 Å². The Balaban J connectivity index is 1.54. The normalized spacial score (nSPS) is 28.5. The van der Waals surface area contributed by atoms with Crippen LogP contribution in [0.3, 0.4) is 0 Å². The molecule has 2 atom stereocenters. The first kappa shape index (κ1) is 19.2. The van der Waals surface area contributed by atoms with Crippen LogP contribution in [0.15, 0.2) is 6.20 Å². The number of anilines is 1. The number of aryl methyl sites for hydroxylation is 1. The van der Waals surface area contributed by atoms with Crippen LogP contribution in [0.5, 0.6) is 0 Å². The van der Waals surface area contributed by atoms with Crippen LogP contribution >= 0.6 is 0 Å². The second-order valence-corrected chi connectivity index (χ2v) is 9.27. The molecule has 3 heterocycles. The summed E-state index contributed by atoms with van der Waals surface area (Å²) in [7, 11) is 1.43. The molecule has 1 aliphatic carbocycles. The molecular weight excluding hydrogens is 356 g/mol. The summed E-state index contributed by atoms with van der Waals surface area (Å²) in [6.07, 6.45) is 5.98. The average molecular weight is 386 g/mol. The molecule has 7 nitrogen and oxygen atoms in total. The highest BCUT2D eigenvalue weighted by Crippen LogP contribution is 2.63. The van der Waals surface area contributed by atoms with E-state index in [-0.39, 0.29) is 23.2 Å². The third kappa shape index (κ3) is 2.86. The predicted molar refractivity (Wildman–Crippen MR) is 105 cm³/mol. The van der Waals surface area contributed by atoms with Crippen molar-refractivity contribution in [2.75, 3.05) is 38.2 Å². The molecule has 1 aromatic heterocycles. The van der Waals surface area contributed by atoms with E-state index in [0.29, 0.717) is 30.3 Å². The standard InChI is InChI=1S/C21H30N4O3/c1-14-15(10-22-19(23-14)24-8-6-5-7-9-24)17(26)25-11-16-20(2,3)12-21(16,13-25)18(27)28-4/h10,16H,5-9,11-13H2,1-4H3/t16-,21+/m1/s1. The first-order valence-corrected chi connectivity index (χ1v) is 10.2. The number of hydrogen-bond donors (Lipinski definition) is 0. The lowest BCUT2D eigenvalue weighted by Crippen LogP contribution is -2.57. The number of ether oxygens (including phenoxy) is 1. The van der Waals surface area contributed by atoms with E-state index >= 15 is 0 Å². The number of fused-ring (bicyclic) bond motifs is 1. The summed E-state index contributed by atoms with van der Waals surface area (Å²) in [6.45, 7) is 9.12. The van der Waals surface area contributed by atoms with E-state index in [1.807, 2.05) is 6.92 Å². The minimum Gasteiger partial charge on any atom is -0.469 e. The van der Waals surface area contributed by atoms with Crippen molar-refractivity contribution in [2.24, 2.45) is 16.7 Å². The Morgan fingerprint density at radius 1 is 1.21 bits per heavy atom. The quantitative estimate of drug-likeness (QED) is 0.743. The van der Waals surface area contributed by atoms with Crippen LogP contribution < -0.4 is 4.90 Å². The molecule has 2 saturated heterocycles. The number of nitrogens with zero attached hydrogens (tertiary/aromatic N) is 4. The van der Waals surface area contributed by atoms with E-state index in [4.69, 9.17) is 4.74 Å². The molecule has 0 bridgehead atoms. The van der Waals surface area contributed by atoms with Gasteiger partial charge in [0.2, 0.25) is 5.95 Å². The maximum Gasteiger partial charge on any atom is 0.314 e. The molecule has 0 spiro atoms. The number of hydrogen-bond acceptors (Lipinski definition) is 6. The molecule has 0 N–H and O–H groups in total. The number of amides is 1. The molecule has 1 aromatic rings. The average Bonchev–Trinajstić information content (AvgIpc) is 3.03. The summed E-state index contributed by atoms with van der Waals surface area (Å²) in [4.78, 5) is 38.8. The monoisotopic (exact) mass is 386 g/mol. The fraction of sp³-hybridized carbons (Fsp3) is 0.714. The van der Waals surface area contributed by atoms with E-state index in [9.17, 15) is 9.59 Å². The maximum atomic E-state index is 13.2. The first-order chi connectivity index (χ1) is 13.3. The van der Waals surface area contributed by atoms with Gasteiger partial charge in [0.15, 0.2) is 0 Å². The summed E-state index contributed by atoms with van der Waals surface area (Å²) in [6, 6.07) is 0. The van der Waals surface area contributed by atoms with Crippen molar-refractivity contribution < 1.29 is 14.3 Å². The van der Waals surface area contributed by atoms with E-state index in [2.05, 4.69) is 28.7 Å². The zero-order valence-electron chi connectivity index (χ0n) is 17.3. The first-order valence-electron chi connectivity index (χ1n) is 10.2. The molecule has 0 aromatic carbocycles. The number of rotatable bonds is 3. The van der Waals surface area contributed by atoms with Crippen molar-refractivity contribution >= 4 is 17.8 Å². The molecule has 152 valence electrons. The van der Waals surface area contributed by atoms with E-state index in [1.54, 1.807) is 11.1 Å². The van der Waals surface area contributed by atoms with Crippen molar-refractivity contribution in [3.63, 3.8) is 0 Å². The van der Waals surface area contributed by atoms with Crippen LogP contribution in [-0.4, -0.2) is 60.0 Å². The number of methoxy groups -OCH3 is 1. The number of likely N-dealkylation sites (tertiary alicyclic amines) is 1. The number of aromatic nitrogens is 2. The van der Waals surface area contributed by atoms with Crippen LogP contribution in [0.2, 0.25) is 0 Å². The highest BCUT2D eigenvalue weighted by molar-refractivity contribution is 5.96. The molecule has 3 fully saturated rings. The van der Waals surface area contributed by atoms with Gasteiger partial charge in [-0.25, -0.2) is 9.97 Å². The largest absolute Gasteiger partial charge is 0.469 e. The van der Waals surface area contributed by atoms with Gasteiger partial charge in [0.05, 0.1) is 23.8 Å². The molecule has 28 heavy (non-hydrogen) atoms. The molecule has 1 amide bonds. The predicted octanol–water partition coefficient (Wildman–Crippen LogP) is 2.44. The Bertz CT molecular complexity index is 803. The summed E-state index contributed by atoms with van der Waals surface area (Å²) in [5.41, 5.74) is 0.703. The van der Waals surface area contributed by atoms with Crippen LogP contribution in [0, 0.1) is 23.7 Å². The number of esters is 1. The molecular formula is C21H30N4O3. The van der Waals surface area contributed by atoms with Gasteiger partial charge < -0.3 is 14.5 Å². The zero-order chi connectivity index (χ0) is 20.1. The van der Waals surface area contributed by atoms with Gasteiger partial charge in [-0.05, 0) is 43.9 Å².